The van der Waals surface area contributed by atoms with Crippen molar-refractivity contribution in [1.29, 1.82) is 0 Å². The zero-order valence-electron chi connectivity index (χ0n) is 20.0. The maximum Gasteiger partial charge on any atom is 0.418 e. The van der Waals surface area contributed by atoms with Crippen LogP contribution in [0.3, 0.4) is 0 Å². The number of aromatic nitrogens is 2. The van der Waals surface area contributed by atoms with Gasteiger partial charge < -0.3 is 24.5 Å². The number of hydrogen-bond donors (Lipinski definition) is 2. The Bertz CT molecular complexity index is 1130. The highest BCUT2D eigenvalue weighted by atomic mass is 19.4. The first kappa shape index (κ1) is 25.6. The van der Waals surface area contributed by atoms with Crippen LogP contribution in [0.5, 0.6) is 5.75 Å². The first-order valence-corrected chi connectivity index (χ1v) is 11.9. The van der Waals surface area contributed by atoms with Crippen LogP contribution in [-0.2, 0) is 17.5 Å². The highest BCUT2D eigenvalue weighted by Crippen LogP contribution is 2.82. The minimum Gasteiger partial charge on any atom is -0.492 e. The zero-order chi connectivity index (χ0) is 26.1. The maximum absolute atomic E-state index is 13.9. The normalized spacial score (nSPS) is 34.4. The lowest BCUT2D eigenvalue weighted by Crippen LogP contribution is -2.78. The number of rotatable bonds is 7. The quantitative estimate of drug-likeness (QED) is 0.518. The maximum atomic E-state index is 13.9. The highest BCUT2D eigenvalue weighted by Gasteiger charge is 2.83. The molecule has 2 heterocycles. The molecule has 36 heavy (non-hydrogen) atoms. The average molecular weight is 522 g/mol. The summed E-state index contributed by atoms with van der Waals surface area (Å²) in [6.07, 6.45) is -7.31. The first-order valence-electron chi connectivity index (χ1n) is 11.9. The third-order valence-corrected chi connectivity index (χ3v) is 8.35. The molecule has 3 saturated carbocycles. The number of hydrogen-bond acceptors (Lipinski definition) is 5. The van der Waals surface area contributed by atoms with Crippen molar-refractivity contribution in [3.05, 3.63) is 24.0 Å². The van der Waals surface area contributed by atoms with Gasteiger partial charge in [0.05, 0.1) is 40.5 Å². The molecule has 1 aliphatic heterocycles. The molecule has 12 heteroatoms. The van der Waals surface area contributed by atoms with E-state index in [-0.39, 0.29) is 68.3 Å². The molecule has 6 nitrogen and oxygen atoms in total. The molecule has 2 N–H and O–H groups in total. The molecular formula is C24H29F6N3O3. The monoisotopic (exact) mass is 521 g/mol. The predicted octanol–water partition coefficient (Wildman–Crippen LogP) is 4.68. The summed E-state index contributed by atoms with van der Waals surface area (Å²) >= 11 is 0. The smallest absolute Gasteiger partial charge is 0.418 e. The van der Waals surface area contributed by atoms with E-state index in [1.165, 1.54) is 24.1 Å². The van der Waals surface area contributed by atoms with Crippen LogP contribution in [0.1, 0.15) is 44.6 Å². The minimum absolute atomic E-state index is 0.0167. The fraction of sp³-hybridized carbons (Fsp3) is 0.708. The van der Waals surface area contributed by atoms with Crippen LogP contribution < -0.4 is 10.1 Å². The van der Waals surface area contributed by atoms with Crippen molar-refractivity contribution in [3.63, 3.8) is 0 Å². The van der Waals surface area contributed by atoms with Gasteiger partial charge in [0.15, 0.2) is 0 Å². The van der Waals surface area contributed by atoms with Gasteiger partial charge in [-0.1, -0.05) is 0 Å². The van der Waals surface area contributed by atoms with Crippen molar-refractivity contribution < 1.29 is 40.9 Å². The van der Waals surface area contributed by atoms with Gasteiger partial charge in [-0.05, 0) is 45.1 Å². The molecule has 0 spiro atoms. The number of halogens is 6. The number of fused-ring (bicyclic) bond motifs is 1. The van der Waals surface area contributed by atoms with Crippen LogP contribution in [0.25, 0.3) is 11.0 Å². The van der Waals surface area contributed by atoms with E-state index >= 15 is 0 Å². The molecule has 0 amide bonds. The van der Waals surface area contributed by atoms with Gasteiger partial charge in [-0.3, -0.25) is 0 Å². The number of nitrogens with zero attached hydrogens (tertiary/aromatic N) is 2. The van der Waals surface area contributed by atoms with Crippen molar-refractivity contribution in [1.82, 2.24) is 14.9 Å². The number of imidazole rings is 1. The van der Waals surface area contributed by atoms with Crippen molar-refractivity contribution in [2.75, 3.05) is 20.3 Å². The Hall–Kier alpha value is -2.05. The number of benzene rings is 1. The van der Waals surface area contributed by atoms with Gasteiger partial charge >= 0.3 is 12.4 Å². The summed E-state index contributed by atoms with van der Waals surface area (Å²) in [5.41, 5.74) is -4.51. The van der Waals surface area contributed by atoms with E-state index < -0.39 is 40.4 Å². The molecule has 4 aliphatic rings. The van der Waals surface area contributed by atoms with Gasteiger partial charge in [0.2, 0.25) is 0 Å². The third-order valence-electron chi connectivity index (χ3n) is 8.35. The molecule has 3 aliphatic carbocycles. The SMILES string of the molecule is COCCn1cnc2cc(OCC3CC(O)(C45CC(C(F)(F)F)(C4)C5)CC(C)N3)cc(C(F)(F)F)c21. The number of ether oxygens (including phenoxy) is 2. The molecular weight excluding hydrogens is 492 g/mol. The summed E-state index contributed by atoms with van der Waals surface area (Å²) < 4.78 is 93.7. The van der Waals surface area contributed by atoms with Crippen molar-refractivity contribution in [2.24, 2.45) is 10.8 Å². The fourth-order valence-corrected chi connectivity index (χ4v) is 6.68. The van der Waals surface area contributed by atoms with Crippen molar-refractivity contribution >= 4 is 11.0 Å². The molecule has 1 aromatic carbocycles. The van der Waals surface area contributed by atoms with Crippen molar-refractivity contribution in [2.45, 2.75) is 75.6 Å². The zero-order valence-corrected chi connectivity index (χ0v) is 20.0. The standard InChI is InChI=1S/C24H29F6N3O3/c1-14-7-22(34,20-10-21(11-20,12-20)24(28,29)30)8-15(32-14)9-36-16-5-17(23(25,26)27)19-18(6-16)31-13-33(19)3-4-35-2/h5-6,13-15,32,34H,3-4,7-12H2,1-2H3. The fourth-order valence-electron chi connectivity index (χ4n) is 6.68. The predicted molar refractivity (Wildman–Crippen MR) is 117 cm³/mol. The molecule has 0 radical (unpaired) electrons. The van der Waals surface area contributed by atoms with Crippen LogP contribution in [0, 0.1) is 10.8 Å². The van der Waals surface area contributed by atoms with E-state index in [4.69, 9.17) is 9.47 Å². The van der Waals surface area contributed by atoms with E-state index in [9.17, 15) is 31.4 Å². The summed E-state index contributed by atoms with van der Waals surface area (Å²) in [5, 5.41) is 14.7. The summed E-state index contributed by atoms with van der Waals surface area (Å²) in [7, 11) is 1.46. The lowest BCUT2D eigenvalue weighted by Gasteiger charge is -2.76. The van der Waals surface area contributed by atoms with E-state index in [0.29, 0.717) is 6.42 Å². The Morgan fingerprint density at radius 2 is 1.83 bits per heavy atom. The highest BCUT2D eigenvalue weighted by molar-refractivity contribution is 5.81. The average Bonchev–Trinajstić information content (AvgIpc) is 3.08. The van der Waals surface area contributed by atoms with Crippen LogP contribution in [-0.4, -0.2) is 58.8 Å². The molecule has 3 unspecified atom stereocenters. The van der Waals surface area contributed by atoms with Crippen LogP contribution >= 0.6 is 0 Å². The van der Waals surface area contributed by atoms with Gasteiger partial charge in [0.1, 0.15) is 12.4 Å². The topological polar surface area (TPSA) is 68.5 Å². The number of aliphatic hydroxyl groups is 1. The second-order valence-corrected chi connectivity index (χ2v) is 10.9. The van der Waals surface area contributed by atoms with Crippen LogP contribution in [0.15, 0.2) is 18.5 Å². The largest absolute Gasteiger partial charge is 0.492 e. The molecule has 4 fully saturated rings. The van der Waals surface area contributed by atoms with Gasteiger partial charge in [-0.2, -0.15) is 26.3 Å². The van der Waals surface area contributed by atoms with Gasteiger partial charge in [0.25, 0.3) is 0 Å². The second-order valence-electron chi connectivity index (χ2n) is 10.9. The number of alkyl halides is 6. The molecule has 3 atom stereocenters. The van der Waals surface area contributed by atoms with E-state index in [1.54, 1.807) is 0 Å². The molecule has 6 rings (SSSR count). The van der Waals surface area contributed by atoms with Gasteiger partial charge in [-0.25, -0.2) is 4.98 Å². The summed E-state index contributed by atoms with van der Waals surface area (Å²) in [5.74, 6) is -0.0167. The van der Waals surface area contributed by atoms with E-state index in [0.717, 1.165) is 6.07 Å². The minimum atomic E-state index is -4.64. The Balaban J connectivity index is 1.31. The summed E-state index contributed by atoms with van der Waals surface area (Å²) in [6, 6.07) is 1.75. The second kappa shape index (κ2) is 8.22. The number of nitrogens with one attached hydrogen (secondary N) is 1. The lowest BCUT2D eigenvalue weighted by atomic mass is 9.29. The Morgan fingerprint density at radius 3 is 2.44 bits per heavy atom. The van der Waals surface area contributed by atoms with Crippen molar-refractivity contribution in [3.8, 4) is 5.75 Å². The lowest BCUT2D eigenvalue weighted by molar-refractivity contribution is -0.403. The summed E-state index contributed by atoms with van der Waals surface area (Å²) in [4.78, 5) is 4.10. The van der Waals surface area contributed by atoms with Crippen LogP contribution in [0.4, 0.5) is 26.3 Å². The summed E-state index contributed by atoms with van der Waals surface area (Å²) in [6.45, 7) is 2.22. The molecule has 1 saturated heterocycles. The molecule has 1 aromatic heterocycles. The Morgan fingerprint density at radius 1 is 1.14 bits per heavy atom. The van der Waals surface area contributed by atoms with Gasteiger partial charge in [0, 0.05) is 37.2 Å². The molecule has 200 valence electrons. The molecule has 2 bridgehead atoms. The van der Waals surface area contributed by atoms with E-state index in [2.05, 4.69) is 10.3 Å². The first-order chi connectivity index (χ1) is 16.7. The molecule has 2 aromatic rings. The Labute approximate surface area is 204 Å². The van der Waals surface area contributed by atoms with Gasteiger partial charge in [-0.15, -0.1) is 0 Å². The number of piperidine rings is 1. The van der Waals surface area contributed by atoms with Crippen LogP contribution in [0.2, 0.25) is 0 Å². The number of methoxy groups -OCH3 is 1. The third kappa shape index (κ3) is 3.96. The Kier molecular flexibility index (Phi) is 5.85. The van der Waals surface area contributed by atoms with E-state index in [1.807, 2.05) is 6.92 Å².